The van der Waals surface area contributed by atoms with E-state index in [1.807, 2.05) is 0 Å². The SMILES string of the molecule is NS(=O)(=O)c1ccc(NS(=O)(=O)c2ccc(NC(=O)N3CCCCC3)cc2)cc1. The molecule has 0 atom stereocenters. The number of nitrogens with one attached hydrogen (secondary N) is 2. The van der Waals surface area contributed by atoms with Crippen LogP contribution in [0.1, 0.15) is 19.3 Å². The highest BCUT2D eigenvalue weighted by molar-refractivity contribution is 7.92. The van der Waals surface area contributed by atoms with Crippen molar-refractivity contribution in [3.8, 4) is 0 Å². The van der Waals surface area contributed by atoms with Crippen molar-refractivity contribution < 1.29 is 21.6 Å². The van der Waals surface area contributed by atoms with Crippen LogP contribution >= 0.6 is 0 Å². The van der Waals surface area contributed by atoms with Gasteiger partial charge in [-0.25, -0.2) is 26.8 Å². The minimum atomic E-state index is -3.88. The molecule has 1 heterocycles. The molecule has 156 valence electrons. The summed E-state index contributed by atoms with van der Waals surface area (Å²) in [7, 11) is -7.73. The largest absolute Gasteiger partial charge is 0.325 e. The van der Waals surface area contributed by atoms with Crippen molar-refractivity contribution in [3.05, 3.63) is 48.5 Å². The molecule has 1 aliphatic heterocycles. The lowest BCUT2D eigenvalue weighted by Gasteiger charge is -2.26. The highest BCUT2D eigenvalue weighted by Gasteiger charge is 2.18. The molecule has 0 bridgehead atoms. The number of carbonyl (C=O) groups excluding carboxylic acids is 1. The molecule has 3 rings (SSSR count). The lowest BCUT2D eigenvalue weighted by Crippen LogP contribution is -2.38. The van der Waals surface area contributed by atoms with Gasteiger partial charge in [-0.2, -0.15) is 0 Å². The molecule has 2 amide bonds. The summed E-state index contributed by atoms with van der Waals surface area (Å²) >= 11 is 0. The molecule has 0 spiro atoms. The lowest BCUT2D eigenvalue weighted by atomic mass is 10.1. The Kier molecular flexibility index (Phi) is 6.10. The molecule has 2 aromatic rings. The van der Waals surface area contributed by atoms with Crippen LogP contribution in [0.15, 0.2) is 58.3 Å². The molecule has 11 heteroatoms. The van der Waals surface area contributed by atoms with Gasteiger partial charge < -0.3 is 10.2 Å². The van der Waals surface area contributed by atoms with E-state index in [0.717, 1.165) is 19.3 Å². The Morgan fingerprint density at radius 1 is 0.793 bits per heavy atom. The van der Waals surface area contributed by atoms with Gasteiger partial charge in [-0.1, -0.05) is 0 Å². The summed E-state index contributed by atoms with van der Waals surface area (Å²) in [4.78, 5) is 13.8. The fraction of sp³-hybridized carbons (Fsp3) is 0.278. The summed E-state index contributed by atoms with van der Waals surface area (Å²) in [6.07, 6.45) is 3.08. The lowest BCUT2D eigenvalue weighted by molar-refractivity contribution is 0.200. The van der Waals surface area contributed by atoms with Gasteiger partial charge in [0.25, 0.3) is 10.0 Å². The molecule has 1 saturated heterocycles. The number of likely N-dealkylation sites (tertiary alicyclic amines) is 1. The van der Waals surface area contributed by atoms with Crippen LogP contribution in [-0.2, 0) is 20.0 Å². The first kappa shape index (κ1) is 21.1. The molecular weight excluding hydrogens is 416 g/mol. The van der Waals surface area contributed by atoms with Gasteiger partial charge in [0, 0.05) is 24.5 Å². The van der Waals surface area contributed by atoms with Crippen LogP contribution in [0.2, 0.25) is 0 Å². The molecular formula is C18H22N4O5S2. The first-order valence-electron chi connectivity index (χ1n) is 8.97. The molecule has 1 aliphatic rings. The smallest absolute Gasteiger partial charge is 0.321 e. The number of primary sulfonamides is 1. The Morgan fingerprint density at radius 2 is 1.31 bits per heavy atom. The second-order valence-electron chi connectivity index (χ2n) is 6.68. The molecule has 0 aromatic heterocycles. The highest BCUT2D eigenvalue weighted by atomic mass is 32.2. The summed E-state index contributed by atoms with van der Waals surface area (Å²) in [5.41, 5.74) is 0.692. The van der Waals surface area contributed by atoms with Crippen molar-refractivity contribution >= 4 is 37.5 Å². The Balaban J connectivity index is 1.67. The number of anilines is 2. The van der Waals surface area contributed by atoms with E-state index >= 15 is 0 Å². The van der Waals surface area contributed by atoms with E-state index in [4.69, 9.17) is 5.14 Å². The Hall–Kier alpha value is -2.63. The average Bonchev–Trinajstić information content (AvgIpc) is 2.68. The molecule has 1 fully saturated rings. The fourth-order valence-corrected chi connectivity index (χ4v) is 4.52. The number of nitrogens with two attached hydrogens (primary N) is 1. The maximum absolute atomic E-state index is 12.5. The van der Waals surface area contributed by atoms with Gasteiger partial charge in [-0.05, 0) is 67.8 Å². The second kappa shape index (κ2) is 8.39. The maximum atomic E-state index is 12.5. The van der Waals surface area contributed by atoms with E-state index in [0.29, 0.717) is 18.8 Å². The first-order valence-corrected chi connectivity index (χ1v) is 12.0. The van der Waals surface area contributed by atoms with Gasteiger partial charge in [-0.15, -0.1) is 0 Å². The number of carbonyl (C=O) groups is 1. The summed E-state index contributed by atoms with van der Waals surface area (Å²) in [6.45, 7) is 1.43. The number of hydrogen-bond acceptors (Lipinski definition) is 5. The van der Waals surface area contributed by atoms with E-state index < -0.39 is 20.0 Å². The van der Waals surface area contributed by atoms with E-state index in [-0.39, 0.29) is 21.5 Å². The zero-order valence-corrected chi connectivity index (χ0v) is 17.2. The van der Waals surface area contributed by atoms with Crippen LogP contribution in [-0.4, -0.2) is 40.9 Å². The number of sulfonamides is 2. The molecule has 0 unspecified atom stereocenters. The quantitative estimate of drug-likeness (QED) is 0.656. The minimum absolute atomic E-state index is 0.00370. The summed E-state index contributed by atoms with van der Waals surface area (Å²) in [6, 6.07) is 10.6. The number of hydrogen-bond donors (Lipinski definition) is 3. The van der Waals surface area contributed by atoms with E-state index in [1.165, 1.54) is 48.5 Å². The first-order chi connectivity index (χ1) is 13.6. The Morgan fingerprint density at radius 3 is 1.86 bits per heavy atom. The van der Waals surface area contributed by atoms with Crippen molar-refractivity contribution in [2.75, 3.05) is 23.1 Å². The van der Waals surface area contributed by atoms with Crippen LogP contribution in [0.4, 0.5) is 16.2 Å². The number of amides is 2. The molecule has 0 aliphatic carbocycles. The molecule has 9 nitrogen and oxygen atoms in total. The van der Waals surface area contributed by atoms with E-state index in [2.05, 4.69) is 10.0 Å². The fourth-order valence-electron chi connectivity index (χ4n) is 2.94. The topological polar surface area (TPSA) is 139 Å². The molecule has 0 radical (unpaired) electrons. The second-order valence-corrected chi connectivity index (χ2v) is 9.92. The van der Waals surface area contributed by atoms with Gasteiger partial charge >= 0.3 is 6.03 Å². The number of nitrogens with zero attached hydrogens (tertiary/aromatic N) is 1. The van der Waals surface area contributed by atoms with Crippen LogP contribution in [0.25, 0.3) is 0 Å². The summed E-state index contributed by atoms with van der Waals surface area (Å²) in [5, 5.41) is 7.79. The molecule has 0 saturated carbocycles. The third-order valence-electron chi connectivity index (χ3n) is 4.49. The van der Waals surface area contributed by atoms with Gasteiger partial charge in [0.05, 0.1) is 9.79 Å². The van der Waals surface area contributed by atoms with E-state index in [9.17, 15) is 21.6 Å². The monoisotopic (exact) mass is 438 g/mol. The molecule has 4 N–H and O–H groups in total. The van der Waals surface area contributed by atoms with Crippen molar-refractivity contribution in [3.63, 3.8) is 0 Å². The van der Waals surface area contributed by atoms with Crippen molar-refractivity contribution in [2.24, 2.45) is 5.14 Å². The summed E-state index contributed by atoms with van der Waals surface area (Å²) < 4.78 is 49.9. The minimum Gasteiger partial charge on any atom is -0.325 e. The third-order valence-corrected chi connectivity index (χ3v) is 6.82. The van der Waals surface area contributed by atoms with Gasteiger partial charge in [0.15, 0.2) is 0 Å². The average molecular weight is 439 g/mol. The van der Waals surface area contributed by atoms with E-state index in [1.54, 1.807) is 4.90 Å². The predicted molar refractivity (Wildman–Crippen MR) is 110 cm³/mol. The van der Waals surface area contributed by atoms with Crippen LogP contribution in [0.5, 0.6) is 0 Å². The predicted octanol–water partition coefficient (Wildman–Crippen LogP) is 2.15. The zero-order chi connectivity index (χ0) is 21.1. The van der Waals surface area contributed by atoms with Crippen molar-refractivity contribution in [2.45, 2.75) is 29.1 Å². The summed E-state index contributed by atoms with van der Waals surface area (Å²) in [5.74, 6) is 0. The Bertz CT molecular complexity index is 1080. The number of urea groups is 1. The molecule has 2 aromatic carbocycles. The number of rotatable bonds is 5. The Labute approximate surface area is 170 Å². The van der Waals surface area contributed by atoms with Crippen LogP contribution < -0.4 is 15.2 Å². The standard InChI is InChI=1S/C18H22N4O5S2/c19-28(24,25)16-8-6-15(7-9-16)21-29(26,27)17-10-4-14(5-11-17)20-18(23)22-12-2-1-3-13-22/h4-11,21H,1-3,12-13H2,(H,20,23)(H2,19,24,25). The van der Waals surface area contributed by atoms with Crippen molar-refractivity contribution in [1.29, 1.82) is 0 Å². The van der Waals surface area contributed by atoms with Gasteiger partial charge in [0.1, 0.15) is 0 Å². The zero-order valence-electron chi connectivity index (χ0n) is 15.5. The molecule has 29 heavy (non-hydrogen) atoms. The van der Waals surface area contributed by atoms with Crippen LogP contribution in [0, 0.1) is 0 Å². The van der Waals surface area contributed by atoms with Crippen molar-refractivity contribution in [1.82, 2.24) is 4.90 Å². The number of benzene rings is 2. The third kappa shape index (κ3) is 5.46. The number of piperidine rings is 1. The van der Waals surface area contributed by atoms with Gasteiger partial charge in [0.2, 0.25) is 10.0 Å². The maximum Gasteiger partial charge on any atom is 0.321 e. The van der Waals surface area contributed by atoms with Crippen LogP contribution in [0.3, 0.4) is 0 Å². The highest BCUT2D eigenvalue weighted by Crippen LogP contribution is 2.20. The normalized spacial score (nSPS) is 15.0. The van der Waals surface area contributed by atoms with Gasteiger partial charge in [-0.3, -0.25) is 4.72 Å².